The van der Waals surface area contributed by atoms with Crippen LogP contribution in [0.25, 0.3) is 22.4 Å². The molecule has 4 rings (SSSR count). The van der Waals surface area contributed by atoms with Crippen LogP contribution in [0.5, 0.6) is 0 Å². The summed E-state index contributed by atoms with van der Waals surface area (Å²) in [5.41, 5.74) is 4.04. The molecule has 1 atom stereocenters. The molecule has 0 aliphatic rings. The van der Waals surface area contributed by atoms with Crippen LogP contribution < -0.4 is 5.56 Å². The summed E-state index contributed by atoms with van der Waals surface area (Å²) in [5, 5.41) is 4.02. The van der Waals surface area contributed by atoms with E-state index in [1.165, 1.54) is 0 Å². The van der Waals surface area contributed by atoms with E-state index in [1.54, 1.807) is 4.57 Å². The van der Waals surface area contributed by atoms with Gasteiger partial charge in [-0.05, 0) is 51.3 Å². The van der Waals surface area contributed by atoms with Gasteiger partial charge in [0.2, 0.25) is 0 Å². The van der Waals surface area contributed by atoms with E-state index in [0.717, 1.165) is 17.4 Å². The lowest BCUT2D eigenvalue weighted by molar-refractivity contribution is -0.116. The average Bonchev–Trinajstić information content (AvgIpc) is 3.16. The largest absolute Gasteiger partial charge is 0.361 e. The first kappa shape index (κ1) is 25.4. The third-order valence-corrected chi connectivity index (χ3v) is 6.90. The van der Waals surface area contributed by atoms with Crippen molar-refractivity contribution in [1.29, 1.82) is 0 Å². The molecule has 10 heteroatoms. The van der Waals surface area contributed by atoms with Crippen molar-refractivity contribution in [3.63, 3.8) is 0 Å². The van der Waals surface area contributed by atoms with Gasteiger partial charge in [-0.1, -0.05) is 35.5 Å². The van der Waals surface area contributed by atoms with Crippen LogP contribution in [0.4, 0.5) is 0 Å². The molecule has 3 aromatic heterocycles. The van der Waals surface area contributed by atoms with Crippen LogP contribution in [0, 0.1) is 13.8 Å². The second-order valence-corrected chi connectivity index (χ2v) is 11.2. The molecule has 3 heterocycles. The van der Waals surface area contributed by atoms with Crippen molar-refractivity contribution in [3.05, 3.63) is 75.5 Å². The zero-order valence-corrected chi connectivity index (χ0v) is 21.5. The molecule has 0 radical (unpaired) electrons. The summed E-state index contributed by atoms with van der Waals surface area (Å²) in [6.07, 6.45) is 1.66. The van der Waals surface area contributed by atoms with Crippen molar-refractivity contribution < 1.29 is 17.7 Å². The van der Waals surface area contributed by atoms with Crippen LogP contribution in [0.3, 0.4) is 0 Å². The van der Waals surface area contributed by atoms with Gasteiger partial charge >= 0.3 is 0 Å². The van der Waals surface area contributed by atoms with Gasteiger partial charge in [0.15, 0.2) is 15.5 Å². The number of Topliss-reactive ketones (excluding diaryl/α,β-unsaturated/α-hetero) is 1. The fourth-order valence-electron chi connectivity index (χ4n) is 4.34. The number of carbonyl (C=O) groups excluding carboxylic acids is 1. The van der Waals surface area contributed by atoms with Gasteiger partial charge in [-0.25, -0.2) is 18.4 Å². The lowest BCUT2D eigenvalue weighted by Gasteiger charge is -2.19. The van der Waals surface area contributed by atoms with Crippen LogP contribution >= 0.6 is 0 Å². The topological polar surface area (TPSA) is 125 Å². The maximum atomic E-state index is 13.7. The van der Waals surface area contributed by atoms with Crippen molar-refractivity contribution >= 4 is 26.8 Å². The van der Waals surface area contributed by atoms with Gasteiger partial charge in [0.25, 0.3) is 5.56 Å². The van der Waals surface area contributed by atoms with E-state index < -0.39 is 15.6 Å². The predicted octanol–water partition coefficient (Wildman–Crippen LogP) is 3.61. The van der Waals surface area contributed by atoms with E-state index in [-0.39, 0.29) is 30.2 Å². The van der Waals surface area contributed by atoms with Crippen LogP contribution in [-0.2, 0) is 21.1 Å². The van der Waals surface area contributed by atoms with Crippen molar-refractivity contribution in [2.45, 2.75) is 46.1 Å². The van der Waals surface area contributed by atoms with Crippen molar-refractivity contribution in [3.8, 4) is 11.3 Å². The van der Waals surface area contributed by atoms with Crippen LogP contribution in [0.1, 0.15) is 48.5 Å². The summed E-state index contributed by atoms with van der Waals surface area (Å²) >= 11 is 0. The fraction of sp³-hybridized carbons (Fsp3) is 0.346. The Morgan fingerprint density at radius 2 is 1.81 bits per heavy atom. The van der Waals surface area contributed by atoms with Crippen LogP contribution in [-0.4, -0.2) is 45.9 Å². The molecule has 1 unspecified atom stereocenters. The second kappa shape index (κ2) is 10.1. The highest BCUT2D eigenvalue weighted by atomic mass is 32.2. The average molecular weight is 509 g/mol. The number of ketones is 1. The monoisotopic (exact) mass is 508 g/mol. The predicted molar refractivity (Wildman–Crippen MR) is 137 cm³/mol. The number of rotatable bonds is 9. The molecule has 36 heavy (non-hydrogen) atoms. The SMILES string of the molecule is Cc1noc(C)c1-c1ccc2nc(CCCC(=O)CS(C)(=O)=O)c(=O)n(C(C)c3ccccc3)c2n1. The Kier molecular flexibility index (Phi) is 7.16. The number of hydrogen-bond acceptors (Lipinski definition) is 8. The molecule has 0 N–H and O–H groups in total. The van der Waals surface area contributed by atoms with Gasteiger partial charge in [0.05, 0.1) is 23.0 Å². The number of carbonyl (C=O) groups is 1. The zero-order valence-electron chi connectivity index (χ0n) is 20.7. The van der Waals surface area contributed by atoms with Crippen molar-refractivity contribution in [2.75, 3.05) is 12.0 Å². The molecular weight excluding hydrogens is 480 g/mol. The summed E-state index contributed by atoms with van der Waals surface area (Å²) in [5.74, 6) is -0.239. The lowest BCUT2D eigenvalue weighted by atomic mass is 10.1. The van der Waals surface area contributed by atoms with Crippen LogP contribution in [0.2, 0.25) is 0 Å². The smallest absolute Gasteiger partial charge is 0.274 e. The number of aromatic nitrogens is 4. The van der Waals surface area contributed by atoms with E-state index >= 15 is 0 Å². The Morgan fingerprint density at radius 1 is 1.08 bits per heavy atom. The summed E-state index contributed by atoms with van der Waals surface area (Å²) < 4.78 is 29.7. The molecule has 0 saturated carbocycles. The van der Waals surface area contributed by atoms with Gasteiger partial charge in [0, 0.05) is 12.7 Å². The molecule has 0 aliphatic heterocycles. The molecule has 4 aromatic rings. The molecule has 9 nitrogen and oxygen atoms in total. The maximum absolute atomic E-state index is 13.7. The molecular formula is C26H28N4O5S. The minimum absolute atomic E-state index is 0.0592. The van der Waals surface area contributed by atoms with Gasteiger partial charge in [-0.3, -0.25) is 14.2 Å². The van der Waals surface area contributed by atoms with Gasteiger partial charge in [0.1, 0.15) is 28.5 Å². The minimum Gasteiger partial charge on any atom is -0.361 e. The van der Waals surface area contributed by atoms with E-state index in [4.69, 9.17) is 9.51 Å². The van der Waals surface area contributed by atoms with E-state index in [0.29, 0.717) is 40.4 Å². The first-order valence-corrected chi connectivity index (χ1v) is 13.7. The Balaban J connectivity index is 1.79. The number of fused-ring (bicyclic) bond motifs is 1. The number of pyridine rings is 1. The highest BCUT2D eigenvalue weighted by molar-refractivity contribution is 7.91. The van der Waals surface area contributed by atoms with Crippen molar-refractivity contribution in [1.82, 2.24) is 19.7 Å². The highest BCUT2D eigenvalue weighted by Crippen LogP contribution is 2.28. The molecule has 0 bridgehead atoms. The van der Waals surface area contributed by atoms with Gasteiger partial charge in [-0.15, -0.1) is 0 Å². The molecule has 0 fully saturated rings. The molecule has 0 aliphatic carbocycles. The summed E-state index contributed by atoms with van der Waals surface area (Å²) in [6, 6.07) is 12.9. The van der Waals surface area contributed by atoms with Crippen molar-refractivity contribution in [2.24, 2.45) is 0 Å². The van der Waals surface area contributed by atoms with E-state index in [2.05, 4.69) is 10.1 Å². The minimum atomic E-state index is -3.38. The molecule has 0 spiro atoms. The summed E-state index contributed by atoms with van der Waals surface area (Å²) in [7, 11) is -3.38. The number of benzene rings is 1. The number of sulfone groups is 1. The van der Waals surface area contributed by atoms with Gasteiger partial charge < -0.3 is 4.52 Å². The fourth-order valence-corrected chi connectivity index (χ4v) is 5.07. The van der Waals surface area contributed by atoms with Gasteiger partial charge in [-0.2, -0.15) is 0 Å². The maximum Gasteiger partial charge on any atom is 0.274 e. The number of aryl methyl sites for hydroxylation is 3. The Morgan fingerprint density at radius 3 is 2.44 bits per heavy atom. The molecule has 188 valence electrons. The van der Waals surface area contributed by atoms with E-state index in [9.17, 15) is 18.0 Å². The standard InChI is InChI=1S/C26H28N4O5S/c1-16-24(18(3)35-29-16)21-13-14-22-25(28-21)30(17(2)19-9-6-5-7-10-19)26(32)23(27-22)12-8-11-20(31)15-36(4,33)34/h5-7,9-10,13-14,17H,8,11-12,15H2,1-4H3. The first-order chi connectivity index (χ1) is 17.0. The Hall–Kier alpha value is -3.66. The summed E-state index contributed by atoms with van der Waals surface area (Å²) in [4.78, 5) is 35.1. The zero-order chi connectivity index (χ0) is 26.0. The second-order valence-electron chi connectivity index (χ2n) is 9.02. The number of hydrogen-bond donors (Lipinski definition) is 0. The van der Waals surface area contributed by atoms with E-state index in [1.807, 2.05) is 63.2 Å². The highest BCUT2D eigenvalue weighted by Gasteiger charge is 2.21. The Labute approximate surface area is 209 Å². The Bertz CT molecular complexity index is 1570. The number of nitrogens with zero attached hydrogens (tertiary/aromatic N) is 4. The molecule has 1 aromatic carbocycles. The lowest BCUT2D eigenvalue weighted by Crippen LogP contribution is -2.29. The quantitative estimate of drug-likeness (QED) is 0.336. The first-order valence-electron chi connectivity index (χ1n) is 11.6. The third-order valence-electron chi connectivity index (χ3n) is 6.05. The molecule has 0 amide bonds. The summed E-state index contributed by atoms with van der Waals surface area (Å²) in [6.45, 7) is 5.58. The normalized spacial score (nSPS) is 12.7. The molecule has 0 saturated heterocycles. The van der Waals surface area contributed by atoms with Crippen LogP contribution in [0.15, 0.2) is 51.8 Å². The third kappa shape index (κ3) is 5.43.